The standard InChI is InChI=1S/C15H14F3N5S.C15H15N5S/c1-2-7-23-8-10(13(22-23)15(16,17)18)11-9-24-14(20-11)21-12-5-3-4-6-19-12;1-2-6-16-14(3-1)19-15-18-13(10-21-15)12-7-17-20(9-12)8-11-4-5-11/h3-6,8-9H,2,7H2,1H3,(H,19,20,21);1-3,6-7,9-11H,4-5,8H2,(H,16,18,19). The first-order valence-corrected chi connectivity index (χ1v) is 16.0. The van der Waals surface area contributed by atoms with Gasteiger partial charge in [0.1, 0.15) is 11.6 Å². The highest BCUT2D eigenvalue weighted by atomic mass is 32.1. The number of aryl methyl sites for hydroxylation is 1. The van der Waals surface area contributed by atoms with Crippen molar-refractivity contribution in [3.8, 4) is 22.5 Å². The van der Waals surface area contributed by atoms with Gasteiger partial charge >= 0.3 is 6.18 Å². The molecule has 7 rings (SSSR count). The molecule has 1 saturated carbocycles. The number of nitrogens with zero attached hydrogens (tertiary/aromatic N) is 8. The van der Waals surface area contributed by atoms with Crippen LogP contribution in [0, 0.1) is 5.92 Å². The van der Waals surface area contributed by atoms with Crippen LogP contribution >= 0.6 is 22.7 Å². The van der Waals surface area contributed by atoms with Crippen LogP contribution in [0.4, 0.5) is 35.1 Å². The van der Waals surface area contributed by atoms with Gasteiger partial charge in [-0.25, -0.2) is 19.9 Å². The summed E-state index contributed by atoms with van der Waals surface area (Å²) >= 11 is 2.79. The van der Waals surface area contributed by atoms with E-state index in [1.54, 1.807) is 47.3 Å². The molecule has 0 aliphatic heterocycles. The van der Waals surface area contributed by atoms with Gasteiger partial charge in [-0.2, -0.15) is 23.4 Å². The normalized spacial score (nSPS) is 12.9. The van der Waals surface area contributed by atoms with Crippen LogP contribution in [0.1, 0.15) is 31.9 Å². The van der Waals surface area contributed by atoms with Gasteiger partial charge in [0.25, 0.3) is 0 Å². The number of pyridine rings is 2. The molecule has 0 spiro atoms. The van der Waals surface area contributed by atoms with Gasteiger partial charge in [-0.15, -0.1) is 22.7 Å². The number of thiazole rings is 2. The van der Waals surface area contributed by atoms with Crippen LogP contribution in [0.2, 0.25) is 0 Å². The maximum atomic E-state index is 13.2. The fraction of sp³-hybridized carbons (Fsp3) is 0.267. The Balaban J connectivity index is 0.000000160. The lowest BCUT2D eigenvalue weighted by atomic mass is 10.2. The molecule has 1 aliphatic carbocycles. The highest BCUT2D eigenvalue weighted by Gasteiger charge is 2.38. The average molecular weight is 651 g/mol. The number of alkyl halides is 3. The minimum atomic E-state index is -4.52. The first-order chi connectivity index (χ1) is 21.8. The highest BCUT2D eigenvalue weighted by molar-refractivity contribution is 7.14. The first-order valence-electron chi connectivity index (χ1n) is 14.3. The summed E-state index contributed by atoms with van der Waals surface area (Å²) in [7, 11) is 0. The molecule has 0 amide bonds. The predicted molar refractivity (Wildman–Crippen MR) is 170 cm³/mol. The summed E-state index contributed by atoms with van der Waals surface area (Å²) in [5.74, 6) is 2.22. The van der Waals surface area contributed by atoms with E-state index in [4.69, 9.17) is 0 Å². The maximum Gasteiger partial charge on any atom is 0.435 e. The molecule has 15 heteroatoms. The van der Waals surface area contributed by atoms with E-state index in [0.29, 0.717) is 23.9 Å². The van der Waals surface area contributed by atoms with Crippen LogP contribution in [-0.4, -0.2) is 39.5 Å². The van der Waals surface area contributed by atoms with Crippen molar-refractivity contribution in [1.82, 2.24) is 39.5 Å². The van der Waals surface area contributed by atoms with Gasteiger partial charge in [0.15, 0.2) is 16.0 Å². The zero-order valence-electron chi connectivity index (χ0n) is 24.1. The number of hydrogen-bond donors (Lipinski definition) is 2. The van der Waals surface area contributed by atoms with Crippen molar-refractivity contribution in [2.75, 3.05) is 10.6 Å². The molecular formula is C30H29F3N10S2. The molecule has 6 aromatic heterocycles. The van der Waals surface area contributed by atoms with Gasteiger partial charge in [0.05, 0.1) is 23.1 Å². The Kier molecular flexibility index (Phi) is 9.16. The third kappa shape index (κ3) is 8.10. The topological polar surface area (TPSA) is 111 Å². The molecule has 0 unspecified atom stereocenters. The van der Waals surface area contributed by atoms with Gasteiger partial charge in [-0.1, -0.05) is 19.1 Å². The van der Waals surface area contributed by atoms with Gasteiger partial charge in [0.2, 0.25) is 0 Å². The molecule has 0 aromatic carbocycles. The van der Waals surface area contributed by atoms with E-state index in [9.17, 15) is 13.2 Å². The van der Waals surface area contributed by atoms with E-state index in [-0.39, 0.29) is 11.3 Å². The van der Waals surface area contributed by atoms with Crippen molar-refractivity contribution in [1.29, 1.82) is 0 Å². The van der Waals surface area contributed by atoms with E-state index in [0.717, 1.165) is 34.7 Å². The van der Waals surface area contributed by atoms with Gasteiger partial charge in [-0.3, -0.25) is 9.36 Å². The monoisotopic (exact) mass is 650 g/mol. The number of aromatic nitrogens is 8. The van der Waals surface area contributed by atoms with Crippen LogP contribution in [0.15, 0.2) is 78.1 Å². The number of halogens is 3. The Morgan fingerprint density at radius 1 is 0.867 bits per heavy atom. The Morgan fingerprint density at radius 3 is 2.09 bits per heavy atom. The maximum absolute atomic E-state index is 13.2. The SMILES string of the molecule is CCCn1cc(-c2csc(Nc3ccccn3)n2)c(C(F)(F)F)n1.c1ccc(Nc2nc(-c3cnn(CC4CC4)c3)cs2)nc1. The summed E-state index contributed by atoms with van der Waals surface area (Å²) in [5, 5.41) is 19.2. The molecule has 0 saturated heterocycles. The molecular weight excluding hydrogens is 622 g/mol. The molecule has 0 bridgehead atoms. The number of hydrogen-bond acceptors (Lipinski definition) is 10. The van der Waals surface area contributed by atoms with Gasteiger partial charge in [0, 0.05) is 54.2 Å². The molecule has 1 aliphatic rings. The largest absolute Gasteiger partial charge is 0.435 e. The molecule has 2 N–H and O–H groups in total. The third-order valence-corrected chi connectivity index (χ3v) is 8.15. The summed E-state index contributed by atoms with van der Waals surface area (Å²) in [6.45, 7) is 3.34. The molecule has 1 fully saturated rings. The van der Waals surface area contributed by atoms with E-state index >= 15 is 0 Å². The van der Waals surface area contributed by atoms with Gasteiger partial charge in [-0.05, 0) is 49.4 Å². The lowest BCUT2D eigenvalue weighted by molar-refractivity contribution is -0.141. The average Bonchev–Trinajstić information content (AvgIpc) is 3.46. The zero-order valence-corrected chi connectivity index (χ0v) is 25.8. The summed E-state index contributed by atoms with van der Waals surface area (Å²) < 4.78 is 43.0. The summed E-state index contributed by atoms with van der Waals surface area (Å²) in [5.41, 5.74) is 1.35. The molecule has 0 radical (unpaired) electrons. The first kappa shape index (κ1) is 30.4. The molecule has 6 heterocycles. The Labute approximate surface area is 265 Å². The quantitative estimate of drug-likeness (QED) is 0.153. The summed E-state index contributed by atoms with van der Waals surface area (Å²) in [4.78, 5) is 17.2. The lowest BCUT2D eigenvalue weighted by Gasteiger charge is -2.04. The fourth-order valence-corrected chi connectivity index (χ4v) is 5.78. The second kappa shape index (κ2) is 13.6. The number of nitrogens with one attached hydrogen (secondary N) is 2. The molecule has 232 valence electrons. The molecule has 6 aromatic rings. The van der Waals surface area contributed by atoms with Crippen LogP contribution in [0.3, 0.4) is 0 Å². The minimum absolute atomic E-state index is 0.0127. The zero-order chi connectivity index (χ0) is 31.2. The molecule has 45 heavy (non-hydrogen) atoms. The predicted octanol–water partition coefficient (Wildman–Crippen LogP) is 8.13. The van der Waals surface area contributed by atoms with E-state index in [2.05, 4.69) is 47.0 Å². The highest BCUT2D eigenvalue weighted by Crippen LogP contribution is 2.37. The van der Waals surface area contributed by atoms with Crippen molar-refractivity contribution in [2.45, 2.75) is 45.5 Å². The number of anilines is 4. The molecule has 0 atom stereocenters. The van der Waals surface area contributed by atoms with Crippen molar-refractivity contribution in [3.63, 3.8) is 0 Å². The van der Waals surface area contributed by atoms with Crippen LogP contribution < -0.4 is 10.6 Å². The van der Waals surface area contributed by atoms with Gasteiger partial charge < -0.3 is 10.6 Å². The van der Waals surface area contributed by atoms with Crippen molar-refractivity contribution >= 4 is 44.6 Å². The van der Waals surface area contributed by atoms with E-state index < -0.39 is 11.9 Å². The van der Waals surface area contributed by atoms with E-state index in [1.807, 2.05) is 41.4 Å². The van der Waals surface area contributed by atoms with Crippen LogP contribution in [0.25, 0.3) is 22.5 Å². The third-order valence-electron chi connectivity index (χ3n) is 6.64. The number of rotatable bonds is 10. The Hall–Kier alpha value is -4.63. The van der Waals surface area contributed by atoms with Crippen molar-refractivity contribution in [2.24, 2.45) is 5.92 Å². The summed E-state index contributed by atoms with van der Waals surface area (Å²) in [6, 6.07) is 11.1. The lowest BCUT2D eigenvalue weighted by Crippen LogP contribution is -2.09. The molecule has 10 nitrogen and oxygen atoms in total. The van der Waals surface area contributed by atoms with Crippen LogP contribution in [-0.2, 0) is 19.3 Å². The Bertz CT molecular complexity index is 1810. The fourth-order valence-electron chi connectivity index (χ4n) is 4.33. The van der Waals surface area contributed by atoms with Crippen molar-refractivity contribution in [3.05, 3.63) is 83.8 Å². The second-order valence-corrected chi connectivity index (χ2v) is 12.0. The Morgan fingerprint density at radius 2 is 1.51 bits per heavy atom. The van der Waals surface area contributed by atoms with E-state index in [1.165, 1.54) is 35.1 Å². The second-order valence-electron chi connectivity index (χ2n) is 10.3. The smallest absolute Gasteiger partial charge is 0.316 e. The summed E-state index contributed by atoms with van der Waals surface area (Å²) in [6.07, 6.45) is 7.60. The van der Waals surface area contributed by atoms with Crippen molar-refractivity contribution < 1.29 is 13.2 Å². The minimum Gasteiger partial charge on any atom is -0.316 e. The van der Waals surface area contributed by atoms with Crippen LogP contribution in [0.5, 0.6) is 0 Å².